The molecule has 0 saturated carbocycles. The number of aryl methyl sites for hydroxylation is 2. The van der Waals surface area contributed by atoms with Crippen molar-refractivity contribution in [1.29, 1.82) is 0 Å². The van der Waals surface area contributed by atoms with Crippen molar-refractivity contribution in [3.05, 3.63) is 70.4 Å². The molecule has 4 rings (SSSR count). The van der Waals surface area contributed by atoms with E-state index in [1.165, 1.54) is 16.7 Å². The number of benzene rings is 2. The summed E-state index contributed by atoms with van der Waals surface area (Å²) in [5.74, 6) is 0.117. The Morgan fingerprint density at radius 2 is 1.83 bits per heavy atom. The molecule has 1 aliphatic rings. The maximum Gasteiger partial charge on any atom is 0.256 e. The number of aromatic amines is 1. The molecule has 1 N–H and O–H groups in total. The first-order valence-corrected chi connectivity index (χ1v) is 8.09. The number of hydrogen-bond donors (Lipinski definition) is 1. The zero-order valence-electron chi connectivity index (χ0n) is 13.5. The summed E-state index contributed by atoms with van der Waals surface area (Å²) in [7, 11) is 0. The molecular weight excluding hydrogens is 284 g/mol. The Hall–Kier alpha value is -2.55. The van der Waals surface area contributed by atoms with Gasteiger partial charge >= 0.3 is 0 Å². The van der Waals surface area contributed by atoms with Crippen molar-refractivity contribution in [2.24, 2.45) is 0 Å². The van der Waals surface area contributed by atoms with Crippen molar-refractivity contribution >= 4 is 16.8 Å². The summed E-state index contributed by atoms with van der Waals surface area (Å²) in [6.45, 7) is 5.63. The number of fused-ring (bicyclic) bond motifs is 2. The molecule has 1 amide bonds. The van der Waals surface area contributed by atoms with E-state index in [-0.39, 0.29) is 5.91 Å². The first-order chi connectivity index (χ1) is 11.1. The van der Waals surface area contributed by atoms with E-state index in [1.807, 2.05) is 23.1 Å². The topological polar surface area (TPSA) is 36.1 Å². The number of rotatable bonds is 1. The molecule has 1 aromatic heterocycles. The summed E-state index contributed by atoms with van der Waals surface area (Å²) in [5.41, 5.74) is 6.71. The van der Waals surface area contributed by atoms with Gasteiger partial charge < -0.3 is 9.88 Å². The molecule has 0 bridgehead atoms. The Morgan fingerprint density at radius 1 is 1.04 bits per heavy atom. The number of amides is 1. The SMILES string of the molecule is Cc1[nH]c2c(C(=O)N3CCc4ccccc4C3)cccc2c1C. The van der Waals surface area contributed by atoms with E-state index in [2.05, 4.69) is 43.1 Å². The Morgan fingerprint density at radius 3 is 2.65 bits per heavy atom. The van der Waals surface area contributed by atoms with E-state index in [1.54, 1.807) is 0 Å². The quantitative estimate of drug-likeness (QED) is 0.725. The molecule has 0 spiro atoms. The van der Waals surface area contributed by atoms with Crippen molar-refractivity contribution in [3.63, 3.8) is 0 Å². The van der Waals surface area contributed by atoms with Crippen molar-refractivity contribution in [1.82, 2.24) is 9.88 Å². The summed E-state index contributed by atoms with van der Waals surface area (Å²) in [5, 5.41) is 1.14. The molecule has 0 atom stereocenters. The maximum absolute atomic E-state index is 13.0. The molecule has 23 heavy (non-hydrogen) atoms. The van der Waals surface area contributed by atoms with Crippen LogP contribution in [0.3, 0.4) is 0 Å². The van der Waals surface area contributed by atoms with E-state index < -0.39 is 0 Å². The van der Waals surface area contributed by atoms with Crippen molar-refractivity contribution in [2.45, 2.75) is 26.8 Å². The van der Waals surface area contributed by atoms with Crippen LogP contribution in [-0.2, 0) is 13.0 Å². The maximum atomic E-state index is 13.0. The van der Waals surface area contributed by atoms with E-state index in [9.17, 15) is 4.79 Å². The molecule has 0 radical (unpaired) electrons. The highest BCUT2D eigenvalue weighted by molar-refractivity contribution is 6.06. The van der Waals surface area contributed by atoms with Crippen molar-refractivity contribution in [2.75, 3.05) is 6.54 Å². The van der Waals surface area contributed by atoms with Gasteiger partial charge in [-0.3, -0.25) is 4.79 Å². The molecule has 3 aromatic rings. The van der Waals surface area contributed by atoms with Gasteiger partial charge in [-0.05, 0) is 43.0 Å². The molecule has 2 heterocycles. The van der Waals surface area contributed by atoms with Gasteiger partial charge in [0.2, 0.25) is 0 Å². The second kappa shape index (κ2) is 5.27. The number of hydrogen-bond acceptors (Lipinski definition) is 1. The predicted molar refractivity (Wildman–Crippen MR) is 92.7 cm³/mol. The largest absolute Gasteiger partial charge is 0.358 e. The van der Waals surface area contributed by atoms with Gasteiger partial charge in [-0.2, -0.15) is 0 Å². The minimum Gasteiger partial charge on any atom is -0.358 e. The van der Waals surface area contributed by atoms with Gasteiger partial charge in [-0.25, -0.2) is 0 Å². The summed E-state index contributed by atoms with van der Waals surface area (Å²) in [6.07, 6.45) is 0.931. The highest BCUT2D eigenvalue weighted by Gasteiger charge is 2.23. The molecule has 0 saturated heterocycles. The fourth-order valence-electron chi connectivity index (χ4n) is 3.50. The number of nitrogens with zero attached hydrogens (tertiary/aromatic N) is 1. The second-order valence-electron chi connectivity index (χ2n) is 6.35. The lowest BCUT2D eigenvalue weighted by Gasteiger charge is -2.29. The van der Waals surface area contributed by atoms with E-state index in [0.29, 0.717) is 6.54 Å². The summed E-state index contributed by atoms with van der Waals surface area (Å²) in [4.78, 5) is 18.4. The second-order valence-corrected chi connectivity index (χ2v) is 6.35. The van der Waals surface area contributed by atoms with Gasteiger partial charge in [0.05, 0.1) is 11.1 Å². The monoisotopic (exact) mass is 304 g/mol. The zero-order chi connectivity index (χ0) is 16.0. The van der Waals surface area contributed by atoms with Crippen molar-refractivity contribution in [3.8, 4) is 0 Å². The summed E-state index contributed by atoms with van der Waals surface area (Å²) >= 11 is 0. The molecule has 3 nitrogen and oxygen atoms in total. The van der Waals surface area contributed by atoms with E-state index >= 15 is 0 Å². The van der Waals surface area contributed by atoms with Crippen LogP contribution in [0.15, 0.2) is 42.5 Å². The molecule has 0 aliphatic carbocycles. The van der Waals surface area contributed by atoms with Crippen LogP contribution in [0.1, 0.15) is 32.7 Å². The number of carbonyl (C=O) groups excluding carboxylic acids is 1. The molecule has 116 valence electrons. The van der Waals surface area contributed by atoms with Gasteiger partial charge in [0.25, 0.3) is 5.91 Å². The Bertz CT molecular complexity index is 907. The van der Waals surface area contributed by atoms with Crippen LogP contribution >= 0.6 is 0 Å². The van der Waals surface area contributed by atoms with Gasteiger partial charge in [-0.1, -0.05) is 36.4 Å². The number of para-hydroxylation sites is 1. The number of nitrogens with one attached hydrogen (secondary N) is 1. The van der Waals surface area contributed by atoms with Crippen LogP contribution < -0.4 is 0 Å². The Kier molecular flexibility index (Phi) is 3.22. The van der Waals surface area contributed by atoms with Gasteiger partial charge in [0.15, 0.2) is 0 Å². The van der Waals surface area contributed by atoms with Crippen LogP contribution in [0.5, 0.6) is 0 Å². The van der Waals surface area contributed by atoms with Crippen LogP contribution in [0.4, 0.5) is 0 Å². The first kappa shape index (κ1) is 14.1. The standard InChI is InChI=1S/C20H20N2O/c1-13-14(2)21-19-17(13)8-5-9-18(19)20(23)22-11-10-15-6-3-4-7-16(15)12-22/h3-9,21H,10-12H2,1-2H3. The fourth-order valence-corrected chi connectivity index (χ4v) is 3.50. The predicted octanol–water partition coefficient (Wildman–Crippen LogP) is 3.98. The van der Waals surface area contributed by atoms with E-state index in [0.717, 1.165) is 35.1 Å². The van der Waals surface area contributed by atoms with Gasteiger partial charge in [0.1, 0.15) is 0 Å². The third-order valence-electron chi connectivity index (χ3n) is 4.99. The minimum atomic E-state index is 0.117. The summed E-state index contributed by atoms with van der Waals surface area (Å²) in [6, 6.07) is 14.4. The highest BCUT2D eigenvalue weighted by atomic mass is 16.2. The molecule has 0 unspecified atom stereocenters. The number of carbonyl (C=O) groups is 1. The van der Waals surface area contributed by atoms with Crippen LogP contribution in [0, 0.1) is 13.8 Å². The number of aromatic nitrogens is 1. The zero-order valence-corrected chi connectivity index (χ0v) is 13.5. The average molecular weight is 304 g/mol. The van der Waals surface area contributed by atoms with Crippen molar-refractivity contribution < 1.29 is 4.79 Å². The normalized spacial score (nSPS) is 14.1. The molecule has 0 fully saturated rings. The molecule has 2 aromatic carbocycles. The number of H-pyrrole nitrogens is 1. The average Bonchev–Trinajstić information content (AvgIpc) is 2.88. The summed E-state index contributed by atoms with van der Waals surface area (Å²) < 4.78 is 0. The Balaban J connectivity index is 1.72. The van der Waals surface area contributed by atoms with Gasteiger partial charge in [0, 0.05) is 24.2 Å². The Labute approximate surface area is 135 Å². The fraction of sp³-hybridized carbons (Fsp3) is 0.250. The lowest BCUT2D eigenvalue weighted by molar-refractivity contribution is 0.0736. The highest BCUT2D eigenvalue weighted by Crippen LogP contribution is 2.27. The molecule has 1 aliphatic heterocycles. The minimum absolute atomic E-state index is 0.117. The first-order valence-electron chi connectivity index (χ1n) is 8.09. The van der Waals surface area contributed by atoms with Gasteiger partial charge in [-0.15, -0.1) is 0 Å². The lowest BCUT2D eigenvalue weighted by atomic mass is 9.99. The third-order valence-corrected chi connectivity index (χ3v) is 4.99. The smallest absolute Gasteiger partial charge is 0.256 e. The third kappa shape index (κ3) is 2.24. The van der Waals surface area contributed by atoms with Crippen LogP contribution in [0.2, 0.25) is 0 Å². The van der Waals surface area contributed by atoms with E-state index in [4.69, 9.17) is 0 Å². The molecule has 3 heteroatoms. The molecular formula is C20H20N2O. The van der Waals surface area contributed by atoms with Crippen LogP contribution in [0.25, 0.3) is 10.9 Å². The lowest BCUT2D eigenvalue weighted by Crippen LogP contribution is -2.36. The van der Waals surface area contributed by atoms with Crippen LogP contribution in [-0.4, -0.2) is 22.3 Å².